The van der Waals surface area contributed by atoms with E-state index >= 15 is 0 Å². The molecule has 1 aromatic heterocycles. The van der Waals surface area contributed by atoms with Crippen molar-refractivity contribution in [3.63, 3.8) is 0 Å². The highest BCUT2D eigenvalue weighted by Crippen LogP contribution is 2.19. The largest absolute Gasteiger partial charge is 0.311 e. The molecular weight excluding hydrogens is 256 g/mol. The van der Waals surface area contributed by atoms with Gasteiger partial charge in [-0.1, -0.05) is 29.8 Å². The van der Waals surface area contributed by atoms with Crippen LogP contribution in [0.5, 0.6) is 0 Å². The van der Waals surface area contributed by atoms with E-state index in [2.05, 4.69) is 42.3 Å². The zero-order valence-corrected chi connectivity index (χ0v) is 12.3. The quantitative estimate of drug-likeness (QED) is 0.916. The summed E-state index contributed by atoms with van der Waals surface area (Å²) in [6.07, 6.45) is 2.62. The summed E-state index contributed by atoms with van der Waals surface area (Å²) < 4.78 is 0. The fourth-order valence-electron chi connectivity index (χ4n) is 2.11. The van der Waals surface area contributed by atoms with Crippen LogP contribution >= 0.6 is 11.6 Å². The molecule has 0 aliphatic heterocycles. The smallest absolute Gasteiger partial charge is 0.0589 e. The molecule has 0 fully saturated rings. The van der Waals surface area contributed by atoms with Crippen LogP contribution in [0.1, 0.15) is 28.4 Å². The molecule has 0 radical (unpaired) electrons. The number of hydrogen-bond acceptors (Lipinski definition) is 2. The number of halogens is 1. The number of aromatic nitrogens is 1. The first kappa shape index (κ1) is 14.0. The molecule has 19 heavy (non-hydrogen) atoms. The molecule has 0 amide bonds. The molecule has 1 N–H and O–H groups in total. The van der Waals surface area contributed by atoms with Crippen LogP contribution in [0.4, 0.5) is 0 Å². The van der Waals surface area contributed by atoms with E-state index in [4.69, 9.17) is 11.6 Å². The van der Waals surface area contributed by atoms with Gasteiger partial charge in [-0.15, -0.1) is 0 Å². The van der Waals surface area contributed by atoms with E-state index in [9.17, 15) is 0 Å². The van der Waals surface area contributed by atoms with Crippen LogP contribution in [0.2, 0.25) is 5.02 Å². The van der Waals surface area contributed by atoms with Crippen molar-refractivity contribution in [3.8, 4) is 0 Å². The summed E-state index contributed by atoms with van der Waals surface area (Å²) in [6, 6.07) is 10.7. The van der Waals surface area contributed by atoms with Crippen molar-refractivity contribution in [2.45, 2.75) is 26.3 Å². The van der Waals surface area contributed by atoms with Crippen molar-refractivity contribution < 1.29 is 0 Å². The Labute approximate surface area is 119 Å². The predicted molar refractivity (Wildman–Crippen MR) is 80.7 cm³/mol. The van der Waals surface area contributed by atoms with Gasteiger partial charge in [0.1, 0.15) is 0 Å². The lowest BCUT2D eigenvalue weighted by Gasteiger charge is -2.16. The molecule has 3 heteroatoms. The molecule has 0 aliphatic carbocycles. The Morgan fingerprint density at radius 1 is 1.16 bits per heavy atom. The van der Waals surface area contributed by atoms with Gasteiger partial charge >= 0.3 is 0 Å². The second-order valence-corrected chi connectivity index (χ2v) is 5.30. The van der Waals surface area contributed by atoms with Gasteiger partial charge in [-0.05, 0) is 56.1 Å². The van der Waals surface area contributed by atoms with Gasteiger partial charge in [0.05, 0.1) is 16.8 Å². The first-order valence-corrected chi connectivity index (χ1v) is 6.83. The summed E-state index contributed by atoms with van der Waals surface area (Å²) in [5.74, 6) is 0. The minimum atomic E-state index is 0.208. The number of benzene rings is 1. The lowest BCUT2D eigenvalue weighted by atomic mass is 9.99. The molecule has 0 bridgehead atoms. The van der Waals surface area contributed by atoms with E-state index in [1.54, 1.807) is 6.20 Å². The van der Waals surface area contributed by atoms with Crippen molar-refractivity contribution in [1.29, 1.82) is 0 Å². The van der Waals surface area contributed by atoms with Gasteiger partial charge < -0.3 is 5.32 Å². The molecule has 1 unspecified atom stereocenters. The molecule has 1 aromatic carbocycles. The number of aryl methyl sites for hydroxylation is 2. The monoisotopic (exact) mass is 274 g/mol. The van der Waals surface area contributed by atoms with Crippen molar-refractivity contribution >= 4 is 11.6 Å². The van der Waals surface area contributed by atoms with Gasteiger partial charge in [0.2, 0.25) is 0 Å². The van der Waals surface area contributed by atoms with Crippen molar-refractivity contribution in [2.24, 2.45) is 0 Å². The van der Waals surface area contributed by atoms with Crippen LogP contribution in [-0.4, -0.2) is 12.0 Å². The second-order valence-electron chi connectivity index (χ2n) is 4.87. The second kappa shape index (κ2) is 6.18. The van der Waals surface area contributed by atoms with Crippen LogP contribution in [0.3, 0.4) is 0 Å². The molecule has 2 rings (SSSR count). The lowest BCUT2D eigenvalue weighted by molar-refractivity contribution is 0.576. The standard InChI is InChI=1S/C16H19ClN2/c1-11-4-5-13(8-12(11)2)9-16(18-3)15-7-6-14(17)10-19-15/h4-8,10,16,18H,9H2,1-3H3. The lowest BCUT2D eigenvalue weighted by Crippen LogP contribution is -2.20. The molecular formula is C16H19ClN2. The van der Waals surface area contributed by atoms with Crippen molar-refractivity contribution in [3.05, 3.63) is 63.9 Å². The van der Waals surface area contributed by atoms with Crippen LogP contribution in [0, 0.1) is 13.8 Å². The third kappa shape index (κ3) is 3.55. The third-order valence-electron chi connectivity index (χ3n) is 3.47. The molecule has 1 atom stereocenters. The highest BCUT2D eigenvalue weighted by molar-refractivity contribution is 6.30. The molecule has 100 valence electrons. The number of nitrogens with one attached hydrogen (secondary N) is 1. The van der Waals surface area contributed by atoms with E-state index in [1.807, 2.05) is 19.2 Å². The van der Waals surface area contributed by atoms with Crippen LogP contribution in [0.15, 0.2) is 36.5 Å². The Bertz CT molecular complexity index is 549. The molecule has 1 heterocycles. The topological polar surface area (TPSA) is 24.9 Å². The van der Waals surface area contributed by atoms with Gasteiger partial charge in [0.25, 0.3) is 0 Å². The van der Waals surface area contributed by atoms with Gasteiger partial charge in [0, 0.05) is 6.20 Å². The molecule has 0 saturated carbocycles. The highest BCUT2D eigenvalue weighted by Gasteiger charge is 2.11. The Morgan fingerprint density at radius 2 is 1.95 bits per heavy atom. The zero-order chi connectivity index (χ0) is 13.8. The maximum Gasteiger partial charge on any atom is 0.0589 e. The van der Waals surface area contributed by atoms with Gasteiger partial charge in [0.15, 0.2) is 0 Å². The normalized spacial score (nSPS) is 12.4. The molecule has 0 aliphatic rings. The molecule has 2 nitrogen and oxygen atoms in total. The Kier molecular flexibility index (Phi) is 4.56. The number of rotatable bonds is 4. The van der Waals surface area contributed by atoms with Crippen LogP contribution in [-0.2, 0) is 6.42 Å². The summed E-state index contributed by atoms with van der Waals surface area (Å²) in [5, 5.41) is 3.99. The molecule has 2 aromatic rings. The Morgan fingerprint density at radius 3 is 2.53 bits per heavy atom. The average Bonchev–Trinajstić information content (AvgIpc) is 2.41. The van der Waals surface area contributed by atoms with E-state index in [-0.39, 0.29) is 6.04 Å². The first-order chi connectivity index (χ1) is 9.10. The molecule has 0 saturated heterocycles. The summed E-state index contributed by atoms with van der Waals surface area (Å²) in [7, 11) is 1.96. The minimum absolute atomic E-state index is 0.208. The maximum absolute atomic E-state index is 5.88. The summed E-state index contributed by atoms with van der Waals surface area (Å²) in [5.41, 5.74) is 5.00. The SMILES string of the molecule is CNC(Cc1ccc(C)c(C)c1)c1ccc(Cl)cn1. The minimum Gasteiger partial charge on any atom is -0.311 e. The third-order valence-corrected chi connectivity index (χ3v) is 3.69. The Hall–Kier alpha value is -1.38. The van der Waals surface area contributed by atoms with Gasteiger partial charge in [-0.25, -0.2) is 0 Å². The number of likely N-dealkylation sites (N-methyl/N-ethyl adjacent to an activating group) is 1. The van der Waals surface area contributed by atoms with Crippen LogP contribution < -0.4 is 5.32 Å². The average molecular weight is 275 g/mol. The number of nitrogens with zero attached hydrogens (tertiary/aromatic N) is 1. The first-order valence-electron chi connectivity index (χ1n) is 6.45. The van der Waals surface area contributed by atoms with Gasteiger partial charge in [-0.2, -0.15) is 0 Å². The van der Waals surface area contributed by atoms with E-state index in [1.165, 1.54) is 16.7 Å². The van der Waals surface area contributed by atoms with Crippen LogP contribution in [0.25, 0.3) is 0 Å². The number of pyridine rings is 1. The fourth-order valence-corrected chi connectivity index (χ4v) is 2.23. The molecule has 0 spiro atoms. The summed E-state index contributed by atoms with van der Waals surface area (Å²) in [4.78, 5) is 4.39. The summed E-state index contributed by atoms with van der Waals surface area (Å²) in [6.45, 7) is 4.28. The zero-order valence-electron chi connectivity index (χ0n) is 11.6. The highest BCUT2D eigenvalue weighted by atomic mass is 35.5. The Balaban J connectivity index is 2.18. The predicted octanol–water partition coefficient (Wildman–Crippen LogP) is 3.86. The van der Waals surface area contributed by atoms with Gasteiger partial charge in [-0.3, -0.25) is 4.98 Å². The van der Waals surface area contributed by atoms with E-state index in [0.29, 0.717) is 5.02 Å². The van der Waals surface area contributed by atoms with Crippen molar-refractivity contribution in [2.75, 3.05) is 7.05 Å². The number of hydrogen-bond donors (Lipinski definition) is 1. The fraction of sp³-hybridized carbons (Fsp3) is 0.312. The van der Waals surface area contributed by atoms with E-state index in [0.717, 1.165) is 12.1 Å². The van der Waals surface area contributed by atoms with Crippen molar-refractivity contribution in [1.82, 2.24) is 10.3 Å². The summed E-state index contributed by atoms with van der Waals surface area (Å²) >= 11 is 5.88. The maximum atomic E-state index is 5.88. The van der Waals surface area contributed by atoms with E-state index < -0.39 is 0 Å².